The van der Waals surface area contributed by atoms with Crippen LogP contribution >= 0.6 is 11.6 Å². The van der Waals surface area contributed by atoms with Crippen LogP contribution in [-0.2, 0) is 6.61 Å². The van der Waals surface area contributed by atoms with Gasteiger partial charge in [-0.1, -0.05) is 48.0 Å². The molecule has 0 fully saturated rings. The van der Waals surface area contributed by atoms with Gasteiger partial charge in [0.1, 0.15) is 0 Å². The normalized spacial score (nSPS) is 11.1. The third kappa shape index (κ3) is 2.82. The molecular formula is C21H16ClNO. The minimum absolute atomic E-state index is 0.0559. The maximum atomic E-state index is 9.31. The van der Waals surface area contributed by atoms with E-state index in [1.54, 1.807) is 0 Å². The highest BCUT2D eigenvalue weighted by Crippen LogP contribution is 2.27. The van der Waals surface area contributed by atoms with Gasteiger partial charge in [-0.3, -0.25) is 0 Å². The fourth-order valence-electron chi connectivity index (χ4n) is 2.93. The number of hydrogen-bond acceptors (Lipinski definition) is 1. The summed E-state index contributed by atoms with van der Waals surface area (Å²) in [6.07, 6.45) is 4.24. The molecule has 0 radical (unpaired) electrons. The quantitative estimate of drug-likeness (QED) is 0.532. The molecule has 1 N–H and O–H groups in total. The van der Waals surface area contributed by atoms with Gasteiger partial charge in [0.25, 0.3) is 0 Å². The monoisotopic (exact) mass is 333 g/mol. The van der Waals surface area contributed by atoms with Crippen LogP contribution in [0.4, 0.5) is 0 Å². The van der Waals surface area contributed by atoms with Crippen LogP contribution in [0.25, 0.3) is 27.8 Å². The fourth-order valence-corrected chi connectivity index (χ4v) is 3.06. The van der Waals surface area contributed by atoms with Crippen LogP contribution in [0.15, 0.2) is 79.1 Å². The number of benzene rings is 2. The summed E-state index contributed by atoms with van der Waals surface area (Å²) in [5, 5.41) is 10.1. The van der Waals surface area contributed by atoms with Crippen LogP contribution < -0.4 is 0 Å². The lowest BCUT2D eigenvalue weighted by atomic mass is 10.0. The SMILES string of the molecule is OCc1cccc(-c2ccc3cc(-c4ccc(Cl)cc4)cn3c2)c1. The predicted octanol–water partition coefficient (Wildman–Crippen LogP) is 5.42. The third-order valence-corrected chi connectivity index (χ3v) is 4.46. The molecule has 0 unspecified atom stereocenters. The van der Waals surface area contributed by atoms with Gasteiger partial charge < -0.3 is 9.51 Å². The standard InChI is InChI=1S/C21H16ClNO/c22-20-7-4-16(5-8-20)19-11-21-9-6-18(12-23(21)13-19)17-3-1-2-15(10-17)14-24/h1-13,24H,14H2. The summed E-state index contributed by atoms with van der Waals surface area (Å²) in [5.74, 6) is 0. The van der Waals surface area contributed by atoms with Crippen molar-refractivity contribution in [2.24, 2.45) is 0 Å². The molecule has 0 aliphatic carbocycles. The van der Waals surface area contributed by atoms with Gasteiger partial charge in [0.2, 0.25) is 0 Å². The highest BCUT2D eigenvalue weighted by Gasteiger charge is 2.05. The zero-order valence-corrected chi connectivity index (χ0v) is 13.7. The fraction of sp³-hybridized carbons (Fsp3) is 0.0476. The number of aliphatic hydroxyl groups is 1. The first kappa shape index (κ1) is 15.0. The van der Waals surface area contributed by atoms with Crippen LogP contribution in [0.5, 0.6) is 0 Å². The molecule has 0 aliphatic heterocycles. The lowest BCUT2D eigenvalue weighted by molar-refractivity contribution is 0.282. The van der Waals surface area contributed by atoms with Crippen molar-refractivity contribution in [2.45, 2.75) is 6.61 Å². The molecule has 0 aliphatic rings. The molecule has 2 aromatic heterocycles. The summed E-state index contributed by atoms with van der Waals surface area (Å²) in [4.78, 5) is 0. The van der Waals surface area contributed by atoms with E-state index in [2.05, 4.69) is 41.1 Å². The molecule has 2 heterocycles. The Labute approximate surface area is 145 Å². The second kappa shape index (κ2) is 6.16. The topological polar surface area (TPSA) is 24.6 Å². The number of aromatic nitrogens is 1. The Hall–Kier alpha value is -2.55. The van der Waals surface area contributed by atoms with Gasteiger partial charge in [-0.05, 0) is 52.6 Å². The predicted molar refractivity (Wildman–Crippen MR) is 99.2 cm³/mol. The minimum Gasteiger partial charge on any atom is -0.392 e. The number of rotatable bonds is 3. The number of fused-ring (bicyclic) bond motifs is 1. The third-order valence-electron chi connectivity index (χ3n) is 4.21. The summed E-state index contributed by atoms with van der Waals surface area (Å²) < 4.78 is 2.13. The van der Waals surface area contributed by atoms with Crippen molar-refractivity contribution in [3.63, 3.8) is 0 Å². The molecule has 0 saturated carbocycles. The number of halogens is 1. The average molecular weight is 334 g/mol. The van der Waals surface area contributed by atoms with E-state index in [9.17, 15) is 5.11 Å². The number of hydrogen-bond donors (Lipinski definition) is 1. The van der Waals surface area contributed by atoms with Gasteiger partial charge in [0.15, 0.2) is 0 Å². The average Bonchev–Trinajstić information content (AvgIpc) is 3.05. The van der Waals surface area contributed by atoms with Gasteiger partial charge in [0.05, 0.1) is 6.61 Å². The maximum Gasteiger partial charge on any atom is 0.0682 e. The molecule has 4 rings (SSSR count). The molecule has 3 heteroatoms. The van der Waals surface area contributed by atoms with Crippen LogP contribution in [-0.4, -0.2) is 9.51 Å². The molecule has 2 nitrogen and oxygen atoms in total. The Kier molecular flexibility index (Phi) is 3.85. The minimum atomic E-state index is 0.0559. The van der Waals surface area contributed by atoms with E-state index in [0.717, 1.165) is 38.4 Å². The van der Waals surface area contributed by atoms with E-state index in [1.165, 1.54) is 0 Å². The lowest BCUT2D eigenvalue weighted by Crippen LogP contribution is -1.87. The van der Waals surface area contributed by atoms with Gasteiger partial charge in [0, 0.05) is 28.5 Å². The summed E-state index contributed by atoms with van der Waals surface area (Å²) >= 11 is 5.97. The molecule has 2 aromatic carbocycles. The van der Waals surface area contributed by atoms with Crippen molar-refractivity contribution in [1.29, 1.82) is 0 Å². The zero-order valence-electron chi connectivity index (χ0n) is 13.0. The van der Waals surface area contributed by atoms with E-state index in [1.807, 2.05) is 42.5 Å². The van der Waals surface area contributed by atoms with Crippen molar-refractivity contribution in [1.82, 2.24) is 4.40 Å². The molecule has 0 atom stereocenters. The lowest BCUT2D eigenvalue weighted by Gasteiger charge is -2.05. The van der Waals surface area contributed by atoms with Gasteiger partial charge >= 0.3 is 0 Å². The highest BCUT2D eigenvalue weighted by molar-refractivity contribution is 6.30. The summed E-state index contributed by atoms with van der Waals surface area (Å²) in [5.41, 5.74) is 6.59. The van der Waals surface area contributed by atoms with E-state index in [4.69, 9.17) is 11.6 Å². The number of aliphatic hydroxyl groups excluding tert-OH is 1. The van der Waals surface area contributed by atoms with Gasteiger partial charge in [-0.2, -0.15) is 0 Å². The molecule has 118 valence electrons. The maximum absolute atomic E-state index is 9.31. The van der Waals surface area contributed by atoms with Gasteiger partial charge in [-0.25, -0.2) is 0 Å². The Morgan fingerprint density at radius 1 is 0.750 bits per heavy atom. The molecule has 24 heavy (non-hydrogen) atoms. The summed E-state index contributed by atoms with van der Waals surface area (Å²) in [6, 6.07) is 22.2. The molecule has 0 saturated heterocycles. The molecule has 0 amide bonds. The van der Waals surface area contributed by atoms with Crippen molar-refractivity contribution >= 4 is 17.1 Å². The molecule has 0 bridgehead atoms. The second-order valence-electron chi connectivity index (χ2n) is 5.84. The molecule has 4 aromatic rings. The van der Waals surface area contributed by atoms with Crippen molar-refractivity contribution in [2.75, 3.05) is 0 Å². The van der Waals surface area contributed by atoms with E-state index < -0.39 is 0 Å². The van der Waals surface area contributed by atoms with Crippen LogP contribution in [0.1, 0.15) is 5.56 Å². The van der Waals surface area contributed by atoms with Crippen molar-refractivity contribution in [3.05, 3.63) is 89.7 Å². The zero-order chi connectivity index (χ0) is 16.5. The van der Waals surface area contributed by atoms with Gasteiger partial charge in [-0.15, -0.1) is 0 Å². The number of pyridine rings is 1. The first-order chi connectivity index (χ1) is 11.7. The highest BCUT2D eigenvalue weighted by atomic mass is 35.5. The van der Waals surface area contributed by atoms with Crippen molar-refractivity contribution in [3.8, 4) is 22.3 Å². The van der Waals surface area contributed by atoms with E-state index in [0.29, 0.717) is 0 Å². The summed E-state index contributed by atoms with van der Waals surface area (Å²) in [6.45, 7) is 0.0559. The van der Waals surface area contributed by atoms with E-state index in [-0.39, 0.29) is 6.61 Å². The van der Waals surface area contributed by atoms with Crippen LogP contribution in [0, 0.1) is 0 Å². The van der Waals surface area contributed by atoms with Crippen LogP contribution in [0.2, 0.25) is 5.02 Å². The Bertz CT molecular complexity index is 1000. The van der Waals surface area contributed by atoms with E-state index >= 15 is 0 Å². The molecule has 0 spiro atoms. The Morgan fingerprint density at radius 3 is 2.29 bits per heavy atom. The molecular weight excluding hydrogens is 318 g/mol. The largest absolute Gasteiger partial charge is 0.392 e. The summed E-state index contributed by atoms with van der Waals surface area (Å²) in [7, 11) is 0. The Morgan fingerprint density at radius 2 is 1.50 bits per heavy atom. The van der Waals surface area contributed by atoms with Crippen molar-refractivity contribution < 1.29 is 5.11 Å². The Balaban J connectivity index is 1.76. The smallest absolute Gasteiger partial charge is 0.0682 e. The number of nitrogens with zero attached hydrogens (tertiary/aromatic N) is 1. The van der Waals surface area contributed by atoms with Crippen LogP contribution in [0.3, 0.4) is 0 Å². The first-order valence-electron chi connectivity index (χ1n) is 7.81. The second-order valence-corrected chi connectivity index (χ2v) is 6.28. The first-order valence-corrected chi connectivity index (χ1v) is 8.18.